The van der Waals surface area contributed by atoms with Gasteiger partial charge in [-0.15, -0.1) is 5.10 Å². The minimum absolute atomic E-state index is 0.303. The fraction of sp³-hybridized carbons (Fsp3) is 0.269. The van der Waals surface area contributed by atoms with E-state index in [1.807, 2.05) is 59.2 Å². The number of rotatable bonds is 6. The number of imidazole rings is 1. The van der Waals surface area contributed by atoms with Gasteiger partial charge in [-0.1, -0.05) is 18.2 Å². The Kier molecular flexibility index (Phi) is 5.88. The Bertz CT molecular complexity index is 1230. The van der Waals surface area contributed by atoms with Crippen molar-refractivity contribution in [3.63, 3.8) is 0 Å². The topological polar surface area (TPSA) is 80.7 Å². The molecule has 5 rings (SSSR count). The van der Waals surface area contributed by atoms with Gasteiger partial charge in [0.1, 0.15) is 11.6 Å². The van der Waals surface area contributed by atoms with Gasteiger partial charge in [0.2, 0.25) is 0 Å². The molecule has 3 N–H and O–H groups in total. The second kappa shape index (κ2) is 9.11. The molecule has 0 aliphatic heterocycles. The number of hydrogen-bond acceptors (Lipinski definition) is 6. The van der Waals surface area contributed by atoms with Crippen LogP contribution in [0.25, 0.3) is 5.65 Å². The van der Waals surface area contributed by atoms with Crippen LogP contribution >= 0.6 is 0 Å². The van der Waals surface area contributed by atoms with Crippen molar-refractivity contribution >= 4 is 28.5 Å². The van der Waals surface area contributed by atoms with E-state index in [-0.39, 0.29) is 0 Å². The summed E-state index contributed by atoms with van der Waals surface area (Å²) >= 11 is 0. The molecule has 0 bridgehead atoms. The standard InChI is InChI=1S/C26H28N6O/c1-18-6-12-21(13-7-18)32(22-4-3-5-23(16-22)33-2)24-17-25(30-31-15-14-28-26(24)31)29-20-10-8-19(27)9-11-20/h1,3-7,12-17,19-20H,8-11,27H2,2H3,(H,29,30)/t19-,20-. The zero-order chi connectivity index (χ0) is 22.8. The van der Waals surface area contributed by atoms with Crippen LogP contribution in [-0.4, -0.2) is 33.8 Å². The zero-order valence-electron chi connectivity index (χ0n) is 18.7. The molecule has 168 valence electrons. The second-order valence-corrected chi connectivity index (χ2v) is 8.49. The van der Waals surface area contributed by atoms with Gasteiger partial charge in [0.25, 0.3) is 0 Å². The number of nitrogens with one attached hydrogen (secondary N) is 1. The SMILES string of the molecule is [CH]c1ccc(N(c2cccc(OC)c2)c2cc(N[C@H]3CC[C@H](N)CC3)nn3ccnc23)cc1. The van der Waals surface area contributed by atoms with Crippen LogP contribution in [0.1, 0.15) is 31.2 Å². The molecule has 7 heteroatoms. The average Bonchev–Trinajstić information content (AvgIpc) is 3.31. The van der Waals surface area contributed by atoms with E-state index in [9.17, 15) is 0 Å². The average molecular weight is 441 g/mol. The van der Waals surface area contributed by atoms with Crippen molar-refractivity contribution in [1.29, 1.82) is 0 Å². The Hall–Kier alpha value is -3.58. The minimum atomic E-state index is 0.303. The molecular weight excluding hydrogens is 412 g/mol. The highest BCUT2D eigenvalue weighted by Gasteiger charge is 2.22. The second-order valence-electron chi connectivity index (χ2n) is 8.49. The van der Waals surface area contributed by atoms with E-state index in [1.165, 1.54) is 0 Å². The van der Waals surface area contributed by atoms with Crippen molar-refractivity contribution in [2.75, 3.05) is 17.3 Å². The van der Waals surface area contributed by atoms with Crippen molar-refractivity contribution in [3.05, 3.63) is 79.5 Å². The first kappa shape index (κ1) is 21.3. The van der Waals surface area contributed by atoms with Crippen LogP contribution in [0, 0.1) is 6.92 Å². The first-order valence-electron chi connectivity index (χ1n) is 11.3. The number of nitrogens with zero attached hydrogens (tertiary/aromatic N) is 4. The predicted molar refractivity (Wildman–Crippen MR) is 131 cm³/mol. The van der Waals surface area contributed by atoms with E-state index >= 15 is 0 Å². The molecule has 7 nitrogen and oxygen atoms in total. The predicted octanol–water partition coefficient (Wildman–Crippen LogP) is 4.95. The molecule has 0 spiro atoms. The fourth-order valence-electron chi connectivity index (χ4n) is 4.41. The summed E-state index contributed by atoms with van der Waals surface area (Å²) < 4.78 is 7.32. The number of nitrogens with two attached hydrogens (primary N) is 1. The van der Waals surface area contributed by atoms with Gasteiger partial charge in [0.05, 0.1) is 12.8 Å². The molecule has 33 heavy (non-hydrogen) atoms. The lowest BCUT2D eigenvalue weighted by Gasteiger charge is -2.29. The minimum Gasteiger partial charge on any atom is -0.497 e. The van der Waals surface area contributed by atoms with Gasteiger partial charge in [-0.25, -0.2) is 9.50 Å². The molecule has 0 saturated heterocycles. The summed E-state index contributed by atoms with van der Waals surface area (Å²) in [6, 6.07) is 18.5. The molecule has 2 aromatic carbocycles. The summed E-state index contributed by atoms with van der Waals surface area (Å²) in [6.45, 7) is 5.98. The van der Waals surface area contributed by atoms with Gasteiger partial charge in [-0.05, 0) is 62.4 Å². The lowest BCUT2D eigenvalue weighted by molar-refractivity contribution is 0.410. The molecular formula is C26H28N6O. The molecule has 1 saturated carbocycles. The third kappa shape index (κ3) is 4.50. The van der Waals surface area contributed by atoms with Gasteiger partial charge in [-0.2, -0.15) is 0 Å². The van der Waals surface area contributed by atoms with Gasteiger partial charge >= 0.3 is 0 Å². The van der Waals surface area contributed by atoms with Gasteiger partial charge < -0.3 is 20.7 Å². The molecule has 1 aliphatic rings. The Morgan fingerprint density at radius 3 is 2.61 bits per heavy atom. The Balaban J connectivity index is 1.61. The molecule has 1 fully saturated rings. The number of fused-ring (bicyclic) bond motifs is 1. The van der Waals surface area contributed by atoms with Gasteiger partial charge in [-0.3, -0.25) is 0 Å². The van der Waals surface area contributed by atoms with Crippen molar-refractivity contribution < 1.29 is 4.74 Å². The van der Waals surface area contributed by atoms with Crippen LogP contribution in [0.15, 0.2) is 67.0 Å². The normalized spacial score (nSPS) is 18.3. The summed E-state index contributed by atoms with van der Waals surface area (Å²) in [5.74, 6) is 1.58. The fourth-order valence-corrected chi connectivity index (χ4v) is 4.41. The number of aromatic nitrogens is 3. The van der Waals surface area contributed by atoms with E-state index in [2.05, 4.69) is 21.3 Å². The third-order valence-electron chi connectivity index (χ3n) is 6.17. The van der Waals surface area contributed by atoms with E-state index in [0.717, 1.165) is 60.0 Å². The maximum atomic E-state index is 6.10. The zero-order valence-corrected chi connectivity index (χ0v) is 18.7. The summed E-state index contributed by atoms with van der Waals surface area (Å²) in [7, 11) is 1.67. The Morgan fingerprint density at radius 1 is 1.06 bits per heavy atom. The van der Waals surface area contributed by atoms with Crippen LogP contribution < -0.4 is 20.7 Å². The van der Waals surface area contributed by atoms with Crippen LogP contribution in [-0.2, 0) is 0 Å². The number of hydrogen-bond donors (Lipinski definition) is 2. The van der Waals surface area contributed by atoms with E-state index in [4.69, 9.17) is 22.5 Å². The van der Waals surface area contributed by atoms with Crippen LogP contribution in [0.3, 0.4) is 0 Å². The van der Waals surface area contributed by atoms with Crippen LogP contribution in [0.4, 0.5) is 22.9 Å². The highest BCUT2D eigenvalue weighted by Crippen LogP contribution is 2.39. The quantitative estimate of drug-likeness (QED) is 0.442. The molecule has 0 atom stereocenters. The first-order valence-corrected chi connectivity index (χ1v) is 11.3. The van der Waals surface area contributed by atoms with E-state index in [1.54, 1.807) is 13.3 Å². The molecule has 2 aromatic heterocycles. The van der Waals surface area contributed by atoms with E-state index < -0.39 is 0 Å². The largest absolute Gasteiger partial charge is 0.497 e. The third-order valence-corrected chi connectivity index (χ3v) is 6.17. The lowest BCUT2D eigenvalue weighted by Crippen LogP contribution is -2.33. The first-order chi connectivity index (χ1) is 16.1. The number of anilines is 4. The monoisotopic (exact) mass is 440 g/mol. The highest BCUT2D eigenvalue weighted by molar-refractivity contribution is 5.86. The molecule has 1 aliphatic carbocycles. The molecule has 0 amide bonds. The smallest absolute Gasteiger partial charge is 0.178 e. The number of ether oxygens (including phenoxy) is 1. The lowest BCUT2D eigenvalue weighted by atomic mass is 9.92. The van der Waals surface area contributed by atoms with Crippen molar-refractivity contribution in [3.8, 4) is 5.75 Å². The highest BCUT2D eigenvalue weighted by atomic mass is 16.5. The van der Waals surface area contributed by atoms with Gasteiger partial charge in [0.15, 0.2) is 5.65 Å². The Labute approximate surface area is 194 Å². The number of methoxy groups -OCH3 is 1. The van der Waals surface area contributed by atoms with Crippen LogP contribution in [0.5, 0.6) is 5.75 Å². The molecule has 2 heterocycles. The van der Waals surface area contributed by atoms with E-state index in [0.29, 0.717) is 17.6 Å². The van der Waals surface area contributed by atoms with Gasteiger partial charge in [0, 0.05) is 48.0 Å². The maximum Gasteiger partial charge on any atom is 0.178 e. The Morgan fingerprint density at radius 2 is 1.85 bits per heavy atom. The summed E-state index contributed by atoms with van der Waals surface area (Å²) in [5.41, 5.74) is 10.4. The summed E-state index contributed by atoms with van der Waals surface area (Å²) in [4.78, 5) is 6.75. The summed E-state index contributed by atoms with van der Waals surface area (Å²) in [6.07, 6.45) is 7.77. The maximum absolute atomic E-state index is 6.10. The summed E-state index contributed by atoms with van der Waals surface area (Å²) in [5, 5.41) is 8.39. The molecule has 2 radical (unpaired) electrons. The molecule has 0 unspecified atom stereocenters. The van der Waals surface area contributed by atoms with Crippen molar-refractivity contribution in [2.24, 2.45) is 5.73 Å². The van der Waals surface area contributed by atoms with Crippen LogP contribution in [0.2, 0.25) is 0 Å². The molecule has 4 aromatic rings. The van der Waals surface area contributed by atoms with Crippen molar-refractivity contribution in [1.82, 2.24) is 14.6 Å². The number of benzene rings is 2. The van der Waals surface area contributed by atoms with Crippen molar-refractivity contribution in [2.45, 2.75) is 37.8 Å².